The Labute approximate surface area is 135 Å². The van der Waals surface area contributed by atoms with Crippen LogP contribution < -0.4 is 10.9 Å². The zero-order valence-electron chi connectivity index (χ0n) is 13.7. The molecule has 1 heterocycles. The van der Waals surface area contributed by atoms with Crippen molar-refractivity contribution in [2.75, 3.05) is 5.32 Å². The van der Waals surface area contributed by atoms with Crippen LogP contribution in [0.4, 0.5) is 5.69 Å². The van der Waals surface area contributed by atoms with Crippen LogP contribution in [-0.2, 0) is 11.8 Å². The Balaban J connectivity index is 1.92. The van der Waals surface area contributed by atoms with Crippen molar-refractivity contribution in [3.05, 3.63) is 46.4 Å². The molecule has 1 saturated carbocycles. The predicted octanol–water partition coefficient (Wildman–Crippen LogP) is 3.00. The Hall–Kier alpha value is -2.30. The molecule has 1 aromatic heterocycles. The van der Waals surface area contributed by atoms with Gasteiger partial charge >= 0.3 is 0 Å². The monoisotopic (exact) mass is 313 g/mol. The highest BCUT2D eigenvalue weighted by molar-refractivity contribution is 5.93. The molecule has 0 radical (unpaired) electrons. The fourth-order valence-corrected chi connectivity index (χ4v) is 3.30. The second-order valence-electron chi connectivity index (χ2n) is 6.26. The van der Waals surface area contributed by atoms with Crippen LogP contribution in [0.2, 0.25) is 0 Å². The first kappa shape index (κ1) is 15.6. The molecule has 0 atom stereocenters. The number of carbonyl (C=O) groups is 1. The molecule has 2 aromatic rings. The molecule has 122 valence electrons. The summed E-state index contributed by atoms with van der Waals surface area (Å²) in [6.45, 7) is 1.86. The minimum atomic E-state index is -0.180. The van der Waals surface area contributed by atoms with Crippen LogP contribution in [0.15, 0.2) is 35.1 Å². The van der Waals surface area contributed by atoms with Gasteiger partial charge in [-0.25, -0.2) is 4.68 Å². The molecule has 1 amide bonds. The number of para-hydroxylation sites is 1. The van der Waals surface area contributed by atoms with Crippen LogP contribution in [0.3, 0.4) is 0 Å². The first-order valence-corrected chi connectivity index (χ1v) is 8.24. The lowest BCUT2D eigenvalue weighted by Gasteiger charge is -2.20. The molecule has 0 aliphatic heterocycles. The van der Waals surface area contributed by atoms with Crippen molar-refractivity contribution in [2.24, 2.45) is 13.0 Å². The van der Waals surface area contributed by atoms with Gasteiger partial charge in [0, 0.05) is 13.0 Å². The van der Waals surface area contributed by atoms with Gasteiger partial charge < -0.3 is 5.32 Å². The number of benzene rings is 1. The summed E-state index contributed by atoms with van der Waals surface area (Å²) in [5.41, 5.74) is 1.77. The summed E-state index contributed by atoms with van der Waals surface area (Å²) in [6, 6.07) is 9.46. The van der Waals surface area contributed by atoms with Crippen LogP contribution >= 0.6 is 0 Å². The van der Waals surface area contributed by atoms with Crippen LogP contribution in [0.5, 0.6) is 0 Å². The number of aromatic nitrogens is 2. The van der Waals surface area contributed by atoms with E-state index in [2.05, 4.69) is 5.32 Å². The highest BCUT2D eigenvalue weighted by atomic mass is 16.2. The Kier molecular flexibility index (Phi) is 4.37. The highest BCUT2D eigenvalue weighted by Crippen LogP contribution is 2.25. The summed E-state index contributed by atoms with van der Waals surface area (Å²) in [4.78, 5) is 25.2. The fourth-order valence-electron chi connectivity index (χ4n) is 3.30. The molecule has 5 heteroatoms. The van der Waals surface area contributed by atoms with Crippen LogP contribution in [-0.4, -0.2) is 15.3 Å². The number of amides is 1. The van der Waals surface area contributed by atoms with Crippen LogP contribution in [0, 0.1) is 12.8 Å². The van der Waals surface area contributed by atoms with Crippen molar-refractivity contribution in [1.82, 2.24) is 9.36 Å². The number of hydrogen-bond donors (Lipinski definition) is 1. The first-order valence-electron chi connectivity index (χ1n) is 8.24. The summed E-state index contributed by atoms with van der Waals surface area (Å²) in [5.74, 6) is 0.0173. The van der Waals surface area contributed by atoms with Crippen molar-refractivity contribution in [2.45, 2.75) is 39.0 Å². The average Bonchev–Trinajstić information content (AvgIpc) is 2.80. The predicted molar refractivity (Wildman–Crippen MR) is 91.0 cm³/mol. The van der Waals surface area contributed by atoms with Gasteiger partial charge in [-0.15, -0.1) is 0 Å². The van der Waals surface area contributed by atoms with Gasteiger partial charge in [-0.3, -0.25) is 14.3 Å². The molecule has 0 saturated heterocycles. The van der Waals surface area contributed by atoms with Gasteiger partial charge in [0.15, 0.2) is 0 Å². The number of hydrogen-bond acceptors (Lipinski definition) is 2. The molecular formula is C18H23N3O2. The van der Waals surface area contributed by atoms with Gasteiger partial charge in [-0.1, -0.05) is 37.5 Å². The van der Waals surface area contributed by atoms with Gasteiger partial charge in [-0.05, 0) is 31.9 Å². The number of rotatable bonds is 3. The van der Waals surface area contributed by atoms with E-state index in [4.69, 9.17) is 0 Å². The van der Waals surface area contributed by atoms with Crippen LogP contribution in [0.1, 0.15) is 37.8 Å². The largest absolute Gasteiger partial charge is 0.320 e. The molecule has 1 N–H and O–H groups in total. The summed E-state index contributed by atoms with van der Waals surface area (Å²) < 4.78 is 3.37. The summed E-state index contributed by atoms with van der Waals surface area (Å²) >= 11 is 0. The topological polar surface area (TPSA) is 56.0 Å². The lowest BCUT2D eigenvalue weighted by Crippen LogP contribution is -2.28. The Morgan fingerprint density at radius 2 is 1.78 bits per heavy atom. The zero-order valence-corrected chi connectivity index (χ0v) is 13.7. The first-order chi connectivity index (χ1) is 11.1. The van der Waals surface area contributed by atoms with E-state index in [1.807, 2.05) is 44.3 Å². The summed E-state index contributed by atoms with van der Waals surface area (Å²) in [7, 11) is 1.83. The van der Waals surface area contributed by atoms with E-state index in [-0.39, 0.29) is 17.4 Å². The van der Waals surface area contributed by atoms with Crippen LogP contribution in [0.25, 0.3) is 5.69 Å². The standard InChI is InChI=1S/C18H23N3O2/c1-13-16(19-17(22)14-9-5-3-6-10-14)18(23)21(20(13)2)15-11-7-4-8-12-15/h4,7-8,11-12,14H,3,5-6,9-10H2,1-2H3,(H,19,22). The lowest BCUT2D eigenvalue weighted by atomic mass is 9.88. The van der Waals surface area contributed by atoms with Crippen molar-refractivity contribution in [3.8, 4) is 5.69 Å². The quantitative estimate of drug-likeness (QED) is 0.947. The normalized spacial score (nSPS) is 15.6. The molecule has 0 bridgehead atoms. The molecule has 0 spiro atoms. The average molecular weight is 313 g/mol. The van der Waals surface area contributed by atoms with Crippen molar-refractivity contribution >= 4 is 11.6 Å². The third-order valence-corrected chi connectivity index (χ3v) is 4.78. The van der Waals surface area contributed by atoms with E-state index < -0.39 is 0 Å². The highest BCUT2D eigenvalue weighted by Gasteiger charge is 2.24. The van der Waals surface area contributed by atoms with E-state index in [9.17, 15) is 9.59 Å². The van der Waals surface area contributed by atoms with Crippen molar-refractivity contribution < 1.29 is 4.79 Å². The Bertz CT molecular complexity index is 753. The maximum atomic E-state index is 12.8. The summed E-state index contributed by atoms with van der Waals surface area (Å²) in [5, 5.41) is 2.89. The lowest BCUT2D eigenvalue weighted by molar-refractivity contribution is -0.120. The molecular weight excluding hydrogens is 290 g/mol. The fraction of sp³-hybridized carbons (Fsp3) is 0.444. The van der Waals surface area contributed by atoms with Gasteiger partial charge in [0.1, 0.15) is 5.69 Å². The molecule has 3 rings (SSSR count). The van der Waals surface area contributed by atoms with Gasteiger partial charge in [0.05, 0.1) is 11.4 Å². The number of anilines is 1. The van der Waals surface area contributed by atoms with E-state index in [1.165, 1.54) is 6.42 Å². The molecule has 1 aliphatic rings. The SMILES string of the molecule is Cc1c(NC(=O)C2CCCCC2)c(=O)n(-c2ccccc2)n1C. The van der Waals surface area contributed by atoms with Gasteiger partial charge in [-0.2, -0.15) is 0 Å². The van der Waals surface area contributed by atoms with E-state index in [0.29, 0.717) is 5.69 Å². The number of carbonyl (C=O) groups excluding carboxylic acids is 1. The summed E-state index contributed by atoms with van der Waals surface area (Å²) in [6.07, 6.45) is 5.24. The Morgan fingerprint density at radius 3 is 2.43 bits per heavy atom. The van der Waals surface area contributed by atoms with E-state index in [1.54, 1.807) is 9.36 Å². The van der Waals surface area contributed by atoms with Crippen molar-refractivity contribution in [3.63, 3.8) is 0 Å². The maximum Gasteiger partial charge on any atom is 0.295 e. The third kappa shape index (κ3) is 2.96. The zero-order chi connectivity index (χ0) is 16.4. The smallest absolute Gasteiger partial charge is 0.295 e. The van der Waals surface area contributed by atoms with Crippen molar-refractivity contribution in [1.29, 1.82) is 0 Å². The van der Waals surface area contributed by atoms with Gasteiger partial charge in [0.2, 0.25) is 5.91 Å². The third-order valence-electron chi connectivity index (χ3n) is 4.78. The molecule has 1 aliphatic carbocycles. The Morgan fingerprint density at radius 1 is 1.13 bits per heavy atom. The maximum absolute atomic E-state index is 12.8. The second-order valence-corrected chi connectivity index (χ2v) is 6.26. The molecule has 23 heavy (non-hydrogen) atoms. The molecule has 0 unspecified atom stereocenters. The molecule has 1 aromatic carbocycles. The van der Waals surface area contributed by atoms with Gasteiger partial charge in [0.25, 0.3) is 5.56 Å². The number of nitrogens with zero attached hydrogens (tertiary/aromatic N) is 2. The minimum Gasteiger partial charge on any atom is -0.320 e. The van der Waals surface area contributed by atoms with E-state index in [0.717, 1.165) is 37.1 Å². The number of nitrogens with one attached hydrogen (secondary N) is 1. The molecule has 1 fully saturated rings. The minimum absolute atomic E-state index is 0.0179. The molecule has 5 nitrogen and oxygen atoms in total. The second kappa shape index (κ2) is 6.44. The van der Waals surface area contributed by atoms with E-state index >= 15 is 0 Å².